The van der Waals surface area contributed by atoms with Crippen molar-refractivity contribution in [3.8, 4) is 0 Å². The summed E-state index contributed by atoms with van der Waals surface area (Å²) in [6.07, 6.45) is 2.23. The number of aliphatic hydroxyl groups excluding tert-OH is 1. The summed E-state index contributed by atoms with van der Waals surface area (Å²) < 4.78 is 0. The molecule has 2 unspecified atom stereocenters. The molecular weight excluding hydrogens is 176 g/mol. The highest BCUT2D eigenvalue weighted by atomic mass is 16.3. The minimum atomic E-state index is 0.259. The lowest BCUT2D eigenvalue weighted by Crippen LogP contribution is -2.42. The summed E-state index contributed by atoms with van der Waals surface area (Å²) in [5.41, 5.74) is 0. The van der Waals surface area contributed by atoms with E-state index in [1.165, 1.54) is 13.0 Å². The molecule has 84 valence electrons. The number of aliphatic hydroxyl groups is 1. The van der Waals surface area contributed by atoms with Gasteiger partial charge in [0, 0.05) is 24.7 Å². The van der Waals surface area contributed by atoms with Crippen molar-refractivity contribution in [1.82, 2.24) is 10.2 Å². The third-order valence-corrected chi connectivity index (χ3v) is 3.13. The lowest BCUT2D eigenvalue weighted by atomic mass is 10.2. The Morgan fingerprint density at radius 2 is 2.21 bits per heavy atom. The van der Waals surface area contributed by atoms with Crippen molar-refractivity contribution in [3.63, 3.8) is 0 Å². The maximum absolute atomic E-state index is 9.09. The van der Waals surface area contributed by atoms with Crippen molar-refractivity contribution in [1.29, 1.82) is 0 Å². The van der Waals surface area contributed by atoms with Gasteiger partial charge >= 0.3 is 0 Å². The molecule has 3 heteroatoms. The second-order valence-corrected chi connectivity index (χ2v) is 4.53. The molecule has 0 bridgehead atoms. The average molecular weight is 200 g/mol. The fourth-order valence-corrected chi connectivity index (χ4v) is 2.03. The maximum Gasteiger partial charge on any atom is 0.0584 e. The number of rotatable bonds is 5. The summed E-state index contributed by atoms with van der Waals surface area (Å²) in [4.78, 5) is 2.49. The molecule has 3 nitrogen and oxygen atoms in total. The van der Waals surface area contributed by atoms with Crippen LogP contribution < -0.4 is 5.32 Å². The van der Waals surface area contributed by atoms with Crippen LogP contribution in [0.25, 0.3) is 0 Å². The Morgan fingerprint density at radius 3 is 2.64 bits per heavy atom. The molecule has 1 heterocycles. The van der Waals surface area contributed by atoms with Gasteiger partial charge in [0.05, 0.1) is 6.61 Å². The Bertz CT molecular complexity index is 157. The predicted octanol–water partition coefficient (Wildman–Crippen LogP) is 0.830. The average Bonchev–Trinajstić information content (AvgIpc) is 2.62. The minimum absolute atomic E-state index is 0.259. The summed E-state index contributed by atoms with van der Waals surface area (Å²) >= 11 is 0. The van der Waals surface area contributed by atoms with Crippen molar-refractivity contribution >= 4 is 0 Å². The highest BCUT2D eigenvalue weighted by Gasteiger charge is 2.25. The van der Waals surface area contributed by atoms with Gasteiger partial charge < -0.3 is 10.4 Å². The van der Waals surface area contributed by atoms with E-state index >= 15 is 0 Å². The van der Waals surface area contributed by atoms with Crippen LogP contribution in [0.1, 0.15) is 33.6 Å². The maximum atomic E-state index is 9.09. The van der Waals surface area contributed by atoms with E-state index < -0.39 is 0 Å². The first kappa shape index (κ1) is 12.0. The molecule has 0 spiro atoms. The summed E-state index contributed by atoms with van der Waals surface area (Å²) in [7, 11) is 0. The zero-order valence-electron chi connectivity index (χ0n) is 9.66. The first-order valence-corrected chi connectivity index (χ1v) is 5.78. The van der Waals surface area contributed by atoms with Gasteiger partial charge in [0.25, 0.3) is 0 Å². The fourth-order valence-electron chi connectivity index (χ4n) is 2.03. The Hall–Kier alpha value is -0.120. The summed E-state index contributed by atoms with van der Waals surface area (Å²) in [5.74, 6) is 0. The van der Waals surface area contributed by atoms with Crippen molar-refractivity contribution in [3.05, 3.63) is 0 Å². The SMILES string of the molecule is CCC(CO)NC1CCN(C(C)C)C1. The molecule has 0 saturated carbocycles. The van der Waals surface area contributed by atoms with Gasteiger partial charge in [0.2, 0.25) is 0 Å². The molecule has 1 fully saturated rings. The Morgan fingerprint density at radius 1 is 1.50 bits per heavy atom. The van der Waals surface area contributed by atoms with Crippen molar-refractivity contribution in [2.45, 2.75) is 51.7 Å². The molecular formula is C11H24N2O. The van der Waals surface area contributed by atoms with E-state index in [0.29, 0.717) is 12.1 Å². The minimum Gasteiger partial charge on any atom is -0.395 e. The number of likely N-dealkylation sites (tertiary alicyclic amines) is 1. The number of nitrogens with one attached hydrogen (secondary N) is 1. The smallest absolute Gasteiger partial charge is 0.0584 e. The zero-order chi connectivity index (χ0) is 10.6. The third-order valence-electron chi connectivity index (χ3n) is 3.13. The molecule has 2 N–H and O–H groups in total. The van der Waals surface area contributed by atoms with E-state index in [2.05, 4.69) is 31.0 Å². The number of hydrogen-bond acceptors (Lipinski definition) is 3. The second-order valence-electron chi connectivity index (χ2n) is 4.53. The van der Waals surface area contributed by atoms with Gasteiger partial charge in [0.15, 0.2) is 0 Å². The van der Waals surface area contributed by atoms with Crippen LogP contribution in [0.2, 0.25) is 0 Å². The lowest BCUT2D eigenvalue weighted by Gasteiger charge is -2.22. The highest BCUT2D eigenvalue weighted by Crippen LogP contribution is 2.13. The summed E-state index contributed by atoms with van der Waals surface area (Å²) in [5, 5.41) is 12.6. The largest absolute Gasteiger partial charge is 0.395 e. The van der Waals surface area contributed by atoms with E-state index in [-0.39, 0.29) is 12.6 Å². The van der Waals surface area contributed by atoms with Crippen LogP contribution in [0, 0.1) is 0 Å². The topological polar surface area (TPSA) is 35.5 Å². The first-order chi connectivity index (χ1) is 6.67. The quantitative estimate of drug-likeness (QED) is 0.690. The van der Waals surface area contributed by atoms with Gasteiger partial charge in [-0.25, -0.2) is 0 Å². The molecule has 0 amide bonds. The lowest BCUT2D eigenvalue weighted by molar-refractivity contribution is 0.220. The molecule has 1 aliphatic heterocycles. The van der Waals surface area contributed by atoms with E-state index in [1.54, 1.807) is 0 Å². The zero-order valence-corrected chi connectivity index (χ0v) is 9.66. The van der Waals surface area contributed by atoms with E-state index in [9.17, 15) is 0 Å². The van der Waals surface area contributed by atoms with Crippen LogP contribution in [0.15, 0.2) is 0 Å². The van der Waals surface area contributed by atoms with Gasteiger partial charge in [-0.05, 0) is 33.2 Å². The molecule has 1 rings (SSSR count). The Labute approximate surface area is 87.5 Å². The predicted molar refractivity (Wildman–Crippen MR) is 59.4 cm³/mol. The van der Waals surface area contributed by atoms with Crippen LogP contribution in [0.3, 0.4) is 0 Å². The van der Waals surface area contributed by atoms with Crippen molar-refractivity contribution in [2.75, 3.05) is 19.7 Å². The first-order valence-electron chi connectivity index (χ1n) is 5.78. The van der Waals surface area contributed by atoms with Crippen LogP contribution in [-0.2, 0) is 0 Å². The van der Waals surface area contributed by atoms with Crippen molar-refractivity contribution < 1.29 is 5.11 Å². The molecule has 1 saturated heterocycles. The Balaban J connectivity index is 2.28. The monoisotopic (exact) mass is 200 g/mol. The second kappa shape index (κ2) is 5.69. The van der Waals surface area contributed by atoms with Crippen LogP contribution in [0.4, 0.5) is 0 Å². The molecule has 2 atom stereocenters. The fraction of sp³-hybridized carbons (Fsp3) is 1.00. The molecule has 0 aliphatic carbocycles. The molecule has 0 aromatic rings. The standard InChI is InChI=1S/C11H24N2O/c1-4-10(8-14)12-11-5-6-13(7-11)9(2)3/h9-12,14H,4-8H2,1-3H3. The molecule has 0 radical (unpaired) electrons. The van der Waals surface area contributed by atoms with Gasteiger partial charge in [-0.3, -0.25) is 4.90 Å². The van der Waals surface area contributed by atoms with Crippen LogP contribution in [-0.4, -0.2) is 47.8 Å². The van der Waals surface area contributed by atoms with Gasteiger partial charge in [-0.2, -0.15) is 0 Å². The number of hydrogen-bond donors (Lipinski definition) is 2. The van der Waals surface area contributed by atoms with E-state index in [1.807, 2.05) is 0 Å². The van der Waals surface area contributed by atoms with Gasteiger partial charge in [-0.1, -0.05) is 6.92 Å². The Kier molecular flexibility index (Phi) is 4.85. The normalized spacial score (nSPS) is 25.9. The molecule has 0 aromatic carbocycles. The van der Waals surface area contributed by atoms with E-state index in [0.717, 1.165) is 13.0 Å². The molecule has 0 aromatic heterocycles. The molecule has 14 heavy (non-hydrogen) atoms. The number of nitrogens with zero attached hydrogens (tertiary/aromatic N) is 1. The van der Waals surface area contributed by atoms with Crippen LogP contribution >= 0.6 is 0 Å². The van der Waals surface area contributed by atoms with Gasteiger partial charge in [-0.15, -0.1) is 0 Å². The molecule has 1 aliphatic rings. The van der Waals surface area contributed by atoms with Crippen molar-refractivity contribution in [2.24, 2.45) is 0 Å². The highest BCUT2D eigenvalue weighted by molar-refractivity contribution is 4.84. The third kappa shape index (κ3) is 3.23. The van der Waals surface area contributed by atoms with Gasteiger partial charge in [0.1, 0.15) is 0 Å². The van der Waals surface area contributed by atoms with Crippen LogP contribution in [0.5, 0.6) is 0 Å². The summed E-state index contributed by atoms with van der Waals surface area (Å²) in [6.45, 7) is 9.18. The van der Waals surface area contributed by atoms with E-state index in [4.69, 9.17) is 5.11 Å². The summed E-state index contributed by atoms with van der Waals surface area (Å²) in [6, 6.07) is 1.51.